The van der Waals surface area contributed by atoms with Crippen LogP contribution >= 0.6 is 12.4 Å². The fraction of sp³-hybridized carbons (Fsp3) is 0.182. The molecule has 15 heavy (non-hydrogen) atoms. The first-order valence-corrected chi connectivity index (χ1v) is 4.25. The molecule has 0 fully saturated rings. The van der Waals surface area contributed by atoms with Gasteiger partial charge in [0.15, 0.2) is 0 Å². The molecule has 0 atom stereocenters. The highest BCUT2D eigenvalue weighted by molar-refractivity contribution is 6.15. The molecular weight excluding hydrogens is 214 g/mol. The second kappa shape index (κ2) is 6.22. The zero-order chi connectivity index (χ0) is 10.6. The number of methoxy groups -OCH3 is 1. The zero-order valence-corrected chi connectivity index (χ0v) is 9.34. The van der Waals surface area contributed by atoms with E-state index in [0.717, 1.165) is 11.1 Å². The standard InChI is InChI=1S/C11H13NO2.ClH/c1-8(11(13)14-2)10-5-3-9(7-12)4-6-10;/h3-6H,1,7,12H2,2H3;1H. The number of benzene rings is 1. The van der Waals surface area contributed by atoms with Gasteiger partial charge in [0.05, 0.1) is 12.7 Å². The van der Waals surface area contributed by atoms with Crippen LogP contribution in [-0.2, 0) is 16.1 Å². The Morgan fingerprint density at radius 2 is 1.93 bits per heavy atom. The predicted molar refractivity (Wildman–Crippen MR) is 62.6 cm³/mol. The van der Waals surface area contributed by atoms with Gasteiger partial charge in [-0.2, -0.15) is 0 Å². The van der Waals surface area contributed by atoms with Crippen LogP contribution in [0.5, 0.6) is 0 Å². The number of hydrogen-bond donors (Lipinski definition) is 1. The second-order valence-electron chi connectivity index (χ2n) is 2.87. The molecule has 0 bridgehead atoms. The van der Waals surface area contributed by atoms with E-state index < -0.39 is 5.97 Å². The molecule has 0 amide bonds. The van der Waals surface area contributed by atoms with Crippen molar-refractivity contribution in [3.63, 3.8) is 0 Å². The van der Waals surface area contributed by atoms with Gasteiger partial charge >= 0.3 is 5.97 Å². The Kier molecular flexibility index (Phi) is 5.67. The summed E-state index contributed by atoms with van der Waals surface area (Å²) in [7, 11) is 1.34. The summed E-state index contributed by atoms with van der Waals surface area (Å²) in [6, 6.07) is 7.34. The van der Waals surface area contributed by atoms with E-state index in [1.807, 2.05) is 12.1 Å². The van der Waals surface area contributed by atoms with Crippen LogP contribution in [0.2, 0.25) is 0 Å². The lowest BCUT2D eigenvalue weighted by atomic mass is 10.1. The summed E-state index contributed by atoms with van der Waals surface area (Å²) in [5.74, 6) is -0.412. The number of halogens is 1. The van der Waals surface area contributed by atoms with Gasteiger partial charge in [0.1, 0.15) is 0 Å². The summed E-state index contributed by atoms with van der Waals surface area (Å²) >= 11 is 0. The van der Waals surface area contributed by atoms with Crippen LogP contribution in [-0.4, -0.2) is 13.1 Å². The Balaban J connectivity index is 0.00000196. The van der Waals surface area contributed by atoms with Crippen molar-refractivity contribution < 1.29 is 9.53 Å². The smallest absolute Gasteiger partial charge is 0.337 e. The molecule has 0 saturated heterocycles. The topological polar surface area (TPSA) is 52.3 Å². The summed E-state index contributed by atoms with van der Waals surface area (Å²) in [6.07, 6.45) is 0. The minimum absolute atomic E-state index is 0. The maximum Gasteiger partial charge on any atom is 0.337 e. The summed E-state index contributed by atoms with van der Waals surface area (Å²) in [4.78, 5) is 11.1. The third-order valence-corrected chi connectivity index (χ3v) is 1.97. The molecule has 0 heterocycles. The first kappa shape index (κ1) is 13.7. The van der Waals surface area contributed by atoms with Gasteiger partial charge in [-0.1, -0.05) is 30.8 Å². The Labute approximate surface area is 95.3 Å². The van der Waals surface area contributed by atoms with Gasteiger partial charge in [0, 0.05) is 6.54 Å². The number of hydrogen-bond acceptors (Lipinski definition) is 3. The maximum atomic E-state index is 11.1. The van der Waals surface area contributed by atoms with Crippen molar-refractivity contribution >= 4 is 23.9 Å². The second-order valence-corrected chi connectivity index (χ2v) is 2.87. The number of ether oxygens (including phenoxy) is 1. The van der Waals surface area contributed by atoms with Crippen molar-refractivity contribution in [3.8, 4) is 0 Å². The molecule has 82 valence electrons. The molecule has 0 saturated carbocycles. The van der Waals surface area contributed by atoms with Crippen molar-refractivity contribution in [3.05, 3.63) is 42.0 Å². The van der Waals surface area contributed by atoms with Crippen LogP contribution in [0.25, 0.3) is 5.57 Å². The molecule has 0 unspecified atom stereocenters. The number of rotatable bonds is 3. The molecule has 3 nitrogen and oxygen atoms in total. The fourth-order valence-corrected chi connectivity index (χ4v) is 1.08. The fourth-order valence-electron chi connectivity index (χ4n) is 1.08. The molecule has 4 heteroatoms. The highest BCUT2D eigenvalue weighted by Crippen LogP contribution is 2.14. The number of esters is 1. The van der Waals surface area contributed by atoms with Crippen LogP contribution in [0.15, 0.2) is 30.8 Å². The summed E-state index contributed by atoms with van der Waals surface area (Å²) in [5, 5.41) is 0. The molecule has 2 N–H and O–H groups in total. The SMILES string of the molecule is C=C(C(=O)OC)c1ccc(CN)cc1.Cl. The Bertz CT molecular complexity index is 346. The van der Waals surface area contributed by atoms with Crippen LogP contribution in [0, 0.1) is 0 Å². The van der Waals surface area contributed by atoms with E-state index in [9.17, 15) is 4.79 Å². The quantitative estimate of drug-likeness (QED) is 0.632. The van der Waals surface area contributed by atoms with Gasteiger partial charge in [-0.3, -0.25) is 0 Å². The number of carbonyl (C=O) groups is 1. The summed E-state index contributed by atoms with van der Waals surface area (Å²) < 4.78 is 4.56. The normalized spacial score (nSPS) is 8.93. The Hall–Kier alpha value is -1.32. The lowest BCUT2D eigenvalue weighted by molar-refractivity contribution is -0.133. The van der Waals surface area contributed by atoms with Crippen LogP contribution in [0.1, 0.15) is 11.1 Å². The largest absolute Gasteiger partial charge is 0.465 e. The molecule has 0 aromatic heterocycles. The average molecular weight is 228 g/mol. The summed E-state index contributed by atoms with van der Waals surface area (Å²) in [6.45, 7) is 4.14. The predicted octanol–water partition coefficient (Wildman–Crippen LogP) is 1.75. The molecule has 0 aliphatic heterocycles. The molecular formula is C11H14ClNO2. The third kappa shape index (κ3) is 3.38. The zero-order valence-electron chi connectivity index (χ0n) is 8.53. The van der Waals surface area contributed by atoms with Crippen molar-refractivity contribution in [1.82, 2.24) is 0 Å². The minimum Gasteiger partial charge on any atom is -0.465 e. The van der Waals surface area contributed by atoms with Gasteiger partial charge in [0.2, 0.25) is 0 Å². The minimum atomic E-state index is -0.412. The van der Waals surface area contributed by atoms with E-state index >= 15 is 0 Å². The average Bonchev–Trinajstić information content (AvgIpc) is 2.27. The van der Waals surface area contributed by atoms with Crippen LogP contribution < -0.4 is 5.73 Å². The Morgan fingerprint density at radius 3 is 2.33 bits per heavy atom. The van der Waals surface area contributed by atoms with Crippen LogP contribution in [0.4, 0.5) is 0 Å². The van der Waals surface area contributed by atoms with Gasteiger partial charge in [0.25, 0.3) is 0 Å². The number of carbonyl (C=O) groups excluding carboxylic acids is 1. The molecule has 0 aliphatic carbocycles. The highest BCUT2D eigenvalue weighted by Gasteiger charge is 2.08. The monoisotopic (exact) mass is 227 g/mol. The third-order valence-electron chi connectivity index (χ3n) is 1.97. The van der Waals surface area contributed by atoms with Gasteiger partial charge < -0.3 is 10.5 Å². The summed E-state index contributed by atoms with van der Waals surface area (Å²) in [5.41, 5.74) is 7.58. The van der Waals surface area contributed by atoms with E-state index in [4.69, 9.17) is 5.73 Å². The van der Waals surface area contributed by atoms with Crippen molar-refractivity contribution in [2.45, 2.75) is 6.54 Å². The first-order chi connectivity index (χ1) is 6.69. The van der Waals surface area contributed by atoms with Crippen molar-refractivity contribution in [1.29, 1.82) is 0 Å². The van der Waals surface area contributed by atoms with E-state index in [-0.39, 0.29) is 12.4 Å². The first-order valence-electron chi connectivity index (χ1n) is 4.25. The van der Waals surface area contributed by atoms with E-state index in [1.54, 1.807) is 12.1 Å². The van der Waals surface area contributed by atoms with Crippen molar-refractivity contribution in [2.75, 3.05) is 7.11 Å². The molecule has 1 aromatic carbocycles. The highest BCUT2D eigenvalue weighted by atomic mass is 35.5. The molecule has 1 rings (SSSR count). The van der Waals surface area contributed by atoms with E-state index in [2.05, 4.69) is 11.3 Å². The Morgan fingerprint density at radius 1 is 1.40 bits per heavy atom. The van der Waals surface area contributed by atoms with Crippen LogP contribution in [0.3, 0.4) is 0 Å². The van der Waals surface area contributed by atoms with Gasteiger partial charge in [-0.05, 0) is 11.1 Å². The molecule has 0 spiro atoms. The molecule has 1 aromatic rings. The number of nitrogens with two attached hydrogens (primary N) is 1. The van der Waals surface area contributed by atoms with E-state index in [0.29, 0.717) is 12.1 Å². The van der Waals surface area contributed by atoms with Gasteiger partial charge in [-0.25, -0.2) is 4.79 Å². The lowest BCUT2D eigenvalue weighted by Gasteiger charge is -2.04. The lowest BCUT2D eigenvalue weighted by Crippen LogP contribution is -2.03. The van der Waals surface area contributed by atoms with Gasteiger partial charge in [-0.15, -0.1) is 12.4 Å². The van der Waals surface area contributed by atoms with E-state index in [1.165, 1.54) is 7.11 Å². The maximum absolute atomic E-state index is 11.1. The van der Waals surface area contributed by atoms with Crippen molar-refractivity contribution in [2.24, 2.45) is 5.73 Å². The molecule has 0 aliphatic rings. The molecule has 0 radical (unpaired) electrons.